The number of benzene rings is 1. The van der Waals surface area contributed by atoms with Crippen molar-refractivity contribution in [2.45, 2.75) is 32.7 Å². The minimum atomic E-state index is -0.0261. The summed E-state index contributed by atoms with van der Waals surface area (Å²) in [6, 6.07) is 3.98. The van der Waals surface area contributed by atoms with Gasteiger partial charge in [0, 0.05) is 12.1 Å². The fourth-order valence-electron chi connectivity index (χ4n) is 2.06. The average Bonchev–Trinajstić information content (AvgIpc) is 2.33. The van der Waals surface area contributed by atoms with Crippen LogP contribution in [0.4, 0.5) is 5.69 Å². The van der Waals surface area contributed by atoms with E-state index in [-0.39, 0.29) is 11.3 Å². The molecule has 0 aromatic heterocycles. The summed E-state index contributed by atoms with van der Waals surface area (Å²) in [5, 5.41) is 2.89. The number of carbonyl (C=O) groups excluding carboxylic acids is 1. The van der Waals surface area contributed by atoms with Gasteiger partial charge in [-0.15, -0.1) is 0 Å². The van der Waals surface area contributed by atoms with Gasteiger partial charge in [-0.1, -0.05) is 20.8 Å². The molecule has 1 amide bonds. The van der Waals surface area contributed by atoms with Crippen molar-refractivity contribution < 1.29 is 9.53 Å². The van der Waals surface area contributed by atoms with E-state index in [0.29, 0.717) is 24.5 Å². The highest BCUT2D eigenvalue weighted by molar-refractivity contribution is 5.78. The van der Waals surface area contributed by atoms with E-state index in [1.54, 1.807) is 7.11 Å². The molecular formula is C16H27N3O2. The summed E-state index contributed by atoms with van der Waals surface area (Å²) in [6.45, 7) is 7.15. The summed E-state index contributed by atoms with van der Waals surface area (Å²) < 4.78 is 5.37. The Morgan fingerprint density at radius 1 is 1.33 bits per heavy atom. The molecule has 0 fully saturated rings. The fourth-order valence-corrected chi connectivity index (χ4v) is 2.06. The molecule has 0 spiro atoms. The normalized spacial score (nSPS) is 11.6. The van der Waals surface area contributed by atoms with Crippen LogP contribution in [0, 0.1) is 0 Å². The van der Waals surface area contributed by atoms with Gasteiger partial charge in [-0.05, 0) is 37.2 Å². The summed E-state index contributed by atoms with van der Waals surface area (Å²) in [5.41, 5.74) is 8.68. The Morgan fingerprint density at radius 2 is 1.95 bits per heavy atom. The van der Waals surface area contributed by atoms with Crippen LogP contribution in [0.2, 0.25) is 0 Å². The first-order valence-corrected chi connectivity index (χ1v) is 7.03. The molecule has 1 aromatic rings. The van der Waals surface area contributed by atoms with Crippen LogP contribution >= 0.6 is 0 Å². The van der Waals surface area contributed by atoms with Crippen molar-refractivity contribution in [1.82, 2.24) is 10.2 Å². The zero-order chi connectivity index (χ0) is 16.2. The van der Waals surface area contributed by atoms with Crippen LogP contribution in [0.15, 0.2) is 12.1 Å². The van der Waals surface area contributed by atoms with Crippen LogP contribution in [0.1, 0.15) is 31.9 Å². The Bertz CT molecular complexity index is 505. The minimum Gasteiger partial charge on any atom is -0.494 e. The van der Waals surface area contributed by atoms with Gasteiger partial charge in [0.25, 0.3) is 0 Å². The molecule has 0 bridgehead atoms. The van der Waals surface area contributed by atoms with E-state index in [1.807, 2.05) is 31.1 Å². The average molecular weight is 293 g/mol. The molecule has 118 valence electrons. The van der Waals surface area contributed by atoms with Gasteiger partial charge >= 0.3 is 0 Å². The summed E-state index contributed by atoms with van der Waals surface area (Å²) >= 11 is 0. The molecular weight excluding hydrogens is 266 g/mol. The number of methoxy groups -OCH3 is 1. The van der Waals surface area contributed by atoms with Gasteiger partial charge in [-0.25, -0.2) is 0 Å². The van der Waals surface area contributed by atoms with Crippen molar-refractivity contribution >= 4 is 11.6 Å². The monoisotopic (exact) mass is 293 g/mol. The van der Waals surface area contributed by atoms with Gasteiger partial charge < -0.3 is 20.7 Å². The van der Waals surface area contributed by atoms with Crippen LogP contribution < -0.4 is 15.8 Å². The van der Waals surface area contributed by atoms with Gasteiger partial charge in [0.2, 0.25) is 5.91 Å². The third kappa shape index (κ3) is 4.93. The molecule has 0 aliphatic heterocycles. The summed E-state index contributed by atoms with van der Waals surface area (Å²) in [5.74, 6) is 0.606. The zero-order valence-corrected chi connectivity index (χ0v) is 13.9. The van der Waals surface area contributed by atoms with Crippen molar-refractivity contribution in [3.8, 4) is 5.75 Å². The predicted molar refractivity (Wildman–Crippen MR) is 86.5 cm³/mol. The van der Waals surface area contributed by atoms with E-state index in [1.165, 1.54) is 0 Å². The van der Waals surface area contributed by atoms with Crippen molar-refractivity contribution in [2.75, 3.05) is 33.5 Å². The highest BCUT2D eigenvalue weighted by atomic mass is 16.5. The lowest BCUT2D eigenvalue weighted by atomic mass is 9.85. The number of ether oxygens (including phenoxy) is 1. The largest absolute Gasteiger partial charge is 0.494 e. The maximum Gasteiger partial charge on any atom is 0.234 e. The van der Waals surface area contributed by atoms with Crippen LogP contribution in [-0.2, 0) is 16.8 Å². The summed E-state index contributed by atoms with van der Waals surface area (Å²) in [4.78, 5) is 13.6. The SMILES string of the molecule is COc1c(N)cc(C(C)(C)C)cc1CNC(=O)CN(C)C. The van der Waals surface area contributed by atoms with Gasteiger partial charge in [0.05, 0.1) is 19.3 Å². The number of carbonyl (C=O) groups is 1. The number of nitrogens with two attached hydrogens (primary N) is 1. The van der Waals surface area contributed by atoms with E-state index in [9.17, 15) is 4.79 Å². The lowest BCUT2D eigenvalue weighted by Crippen LogP contribution is -2.33. The number of nitrogens with one attached hydrogen (secondary N) is 1. The predicted octanol–water partition coefficient (Wildman–Crippen LogP) is 1.75. The number of likely N-dealkylation sites (N-methyl/N-ethyl adjacent to an activating group) is 1. The molecule has 0 heterocycles. The van der Waals surface area contributed by atoms with E-state index in [4.69, 9.17) is 10.5 Å². The second-order valence-electron chi connectivity index (χ2n) is 6.52. The zero-order valence-electron chi connectivity index (χ0n) is 13.9. The smallest absolute Gasteiger partial charge is 0.234 e. The van der Waals surface area contributed by atoms with Crippen LogP contribution in [0.25, 0.3) is 0 Å². The standard InChI is InChI=1S/C16H27N3O2/c1-16(2,3)12-7-11(15(21-6)13(17)8-12)9-18-14(20)10-19(4)5/h7-8H,9-10,17H2,1-6H3,(H,18,20). The van der Waals surface area contributed by atoms with Gasteiger partial charge in [-0.3, -0.25) is 4.79 Å². The Morgan fingerprint density at radius 3 is 2.43 bits per heavy atom. The maximum atomic E-state index is 11.8. The fraction of sp³-hybridized carbons (Fsp3) is 0.562. The first-order valence-electron chi connectivity index (χ1n) is 7.03. The second kappa shape index (κ2) is 6.80. The third-order valence-corrected chi connectivity index (χ3v) is 3.20. The molecule has 1 rings (SSSR count). The van der Waals surface area contributed by atoms with E-state index < -0.39 is 0 Å². The molecule has 0 saturated heterocycles. The quantitative estimate of drug-likeness (QED) is 0.812. The molecule has 0 atom stereocenters. The first-order chi connectivity index (χ1) is 9.65. The Labute approximate surface area is 127 Å². The number of rotatable bonds is 5. The molecule has 0 saturated carbocycles. The Balaban J connectivity index is 2.99. The Kier molecular flexibility index (Phi) is 5.61. The highest BCUT2D eigenvalue weighted by Gasteiger charge is 2.18. The molecule has 21 heavy (non-hydrogen) atoms. The lowest BCUT2D eigenvalue weighted by Gasteiger charge is -2.22. The van der Waals surface area contributed by atoms with E-state index >= 15 is 0 Å². The summed E-state index contributed by atoms with van der Waals surface area (Å²) in [7, 11) is 5.31. The minimum absolute atomic E-state index is 0.0111. The van der Waals surface area contributed by atoms with Gasteiger partial charge in [0.1, 0.15) is 5.75 Å². The van der Waals surface area contributed by atoms with Crippen LogP contribution in [0.3, 0.4) is 0 Å². The van der Waals surface area contributed by atoms with E-state index in [0.717, 1.165) is 11.1 Å². The maximum absolute atomic E-state index is 11.8. The molecule has 5 heteroatoms. The van der Waals surface area contributed by atoms with Crippen molar-refractivity contribution in [1.29, 1.82) is 0 Å². The number of amides is 1. The van der Waals surface area contributed by atoms with E-state index in [2.05, 4.69) is 26.1 Å². The molecule has 0 unspecified atom stereocenters. The number of hydrogen-bond donors (Lipinski definition) is 2. The molecule has 3 N–H and O–H groups in total. The third-order valence-electron chi connectivity index (χ3n) is 3.20. The van der Waals surface area contributed by atoms with Crippen molar-refractivity contribution in [3.63, 3.8) is 0 Å². The number of nitrogens with zero attached hydrogens (tertiary/aromatic N) is 1. The van der Waals surface area contributed by atoms with Gasteiger partial charge in [0.15, 0.2) is 0 Å². The number of nitrogen functional groups attached to an aromatic ring is 1. The van der Waals surface area contributed by atoms with Crippen molar-refractivity contribution in [3.05, 3.63) is 23.3 Å². The molecule has 5 nitrogen and oxygen atoms in total. The molecule has 1 aromatic carbocycles. The Hall–Kier alpha value is -1.75. The highest BCUT2D eigenvalue weighted by Crippen LogP contribution is 2.33. The topological polar surface area (TPSA) is 67.6 Å². The molecule has 0 radical (unpaired) electrons. The van der Waals surface area contributed by atoms with Crippen LogP contribution in [-0.4, -0.2) is 38.6 Å². The number of hydrogen-bond acceptors (Lipinski definition) is 4. The van der Waals surface area contributed by atoms with Gasteiger partial charge in [-0.2, -0.15) is 0 Å². The first kappa shape index (κ1) is 17.3. The second-order valence-corrected chi connectivity index (χ2v) is 6.52. The number of anilines is 1. The van der Waals surface area contributed by atoms with Crippen LogP contribution in [0.5, 0.6) is 5.75 Å². The molecule has 0 aliphatic rings. The summed E-state index contributed by atoms with van der Waals surface area (Å²) in [6.07, 6.45) is 0. The lowest BCUT2D eigenvalue weighted by molar-refractivity contribution is -0.121. The molecule has 0 aliphatic carbocycles. The van der Waals surface area contributed by atoms with Crippen molar-refractivity contribution in [2.24, 2.45) is 0 Å².